The third kappa shape index (κ3) is 1.96. The number of halogens is 1. The van der Waals surface area contributed by atoms with Crippen molar-refractivity contribution in [1.82, 2.24) is 0 Å². The molecule has 0 bridgehead atoms. The monoisotopic (exact) mass is 318 g/mol. The van der Waals surface area contributed by atoms with E-state index in [1.807, 2.05) is 6.07 Å². The van der Waals surface area contributed by atoms with E-state index in [0.717, 1.165) is 43.5 Å². The van der Waals surface area contributed by atoms with Crippen molar-refractivity contribution in [3.63, 3.8) is 0 Å². The van der Waals surface area contributed by atoms with Gasteiger partial charge in [-0.25, -0.2) is 0 Å². The van der Waals surface area contributed by atoms with Gasteiger partial charge in [-0.3, -0.25) is 4.79 Å². The number of fused-ring (bicyclic) bond motifs is 5. The van der Waals surface area contributed by atoms with Crippen LogP contribution < -0.4 is 0 Å². The molecule has 0 aromatic heterocycles. The zero-order valence-corrected chi connectivity index (χ0v) is 13.8. The van der Waals surface area contributed by atoms with E-state index >= 15 is 0 Å². The molecule has 3 aliphatic rings. The van der Waals surface area contributed by atoms with Gasteiger partial charge in [0.15, 0.2) is 0 Å². The highest BCUT2D eigenvalue weighted by Crippen LogP contribution is 2.59. The molecule has 0 heterocycles. The van der Waals surface area contributed by atoms with Gasteiger partial charge in [-0.1, -0.05) is 18.5 Å². The lowest BCUT2D eigenvalue weighted by Crippen LogP contribution is -2.49. The molecule has 0 saturated heterocycles. The van der Waals surface area contributed by atoms with Crippen LogP contribution in [-0.4, -0.2) is 10.9 Å². The summed E-state index contributed by atoms with van der Waals surface area (Å²) in [5.41, 5.74) is 2.38. The van der Waals surface area contributed by atoms with Crippen molar-refractivity contribution in [2.75, 3.05) is 0 Å². The first-order chi connectivity index (χ1) is 10.5. The second-order valence-electron chi connectivity index (χ2n) is 7.69. The molecule has 2 nitrogen and oxygen atoms in total. The number of hydrogen-bond donors (Lipinski definition) is 1. The number of benzene rings is 1. The Morgan fingerprint density at radius 2 is 2.05 bits per heavy atom. The second kappa shape index (κ2) is 4.99. The van der Waals surface area contributed by atoms with Crippen LogP contribution in [-0.2, 0) is 11.2 Å². The first-order valence-corrected chi connectivity index (χ1v) is 8.93. The Hall–Kier alpha value is -1.02. The SMILES string of the molecule is C[C@]12CC[C@@H]3c4c(Cl)cc(O)cc4CC[C@H]3[C@@H]1CCCC2=O. The topological polar surface area (TPSA) is 37.3 Å². The lowest BCUT2D eigenvalue weighted by molar-refractivity contribution is -0.140. The summed E-state index contributed by atoms with van der Waals surface area (Å²) in [4.78, 5) is 12.5. The Morgan fingerprint density at radius 1 is 1.23 bits per heavy atom. The van der Waals surface area contributed by atoms with E-state index in [9.17, 15) is 9.90 Å². The zero-order valence-electron chi connectivity index (χ0n) is 13.1. The number of aryl methyl sites for hydroxylation is 1. The molecule has 0 amide bonds. The number of phenols is 1. The van der Waals surface area contributed by atoms with Gasteiger partial charge in [-0.05, 0) is 79.5 Å². The Bertz CT molecular complexity index is 639. The highest BCUT2D eigenvalue weighted by Gasteiger charge is 2.52. The molecule has 2 fully saturated rings. The van der Waals surface area contributed by atoms with Crippen LogP contribution >= 0.6 is 11.6 Å². The third-order valence-corrected chi connectivity index (χ3v) is 7.01. The molecule has 0 aliphatic heterocycles. The number of hydrogen-bond acceptors (Lipinski definition) is 2. The summed E-state index contributed by atoms with van der Waals surface area (Å²) in [6.07, 6.45) is 7.17. The van der Waals surface area contributed by atoms with Gasteiger partial charge in [-0.2, -0.15) is 0 Å². The second-order valence-corrected chi connectivity index (χ2v) is 8.09. The average Bonchev–Trinajstić information content (AvgIpc) is 2.47. The van der Waals surface area contributed by atoms with Gasteiger partial charge in [0.25, 0.3) is 0 Å². The van der Waals surface area contributed by atoms with Gasteiger partial charge in [-0.15, -0.1) is 0 Å². The summed E-state index contributed by atoms with van der Waals surface area (Å²) < 4.78 is 0. The molecular weight excluding hydrogens is 296 g/mol. The van der Waals surface area contributed by atoms with E-state index in [1.54, 1.807) is 6.07 Å². The van der Waals surface area contributed by atoms with Crippen LogP contribution in [0.4, 0.5) is 0 Å². The van der Waals surface area contributed by atoms with E-state index in [0.29, 0.717) is 23.5 Å². The fourth-order valence-corrected chi connectivity index (χ4v) is 5.99. The molecular formula is C19H23ClO2. The molecule has 1 aromatic rings. The van der Waals surface area contributed by atoms with Crippen LogP contribution in [0.15, 0.2) is 12.1 Å². The van der Waals surface area contributed by atoms with E-state index in [1.165, 1.54) is 17.5 Å². The van der Waals surface area contributed by atoms with Crippen molar-refractivity contribution in [2.24, 2.45) is 17.3 Å². The summed E-state index contributed by atoms with van der Waals surface area (Å²) in [6, 6.07) is 3.57. The number of rotatable bonds is 0. The molecule has 118 valence electrons. The van der Waals surface area contributed by atoms with Crippen molar-refractivity contribution in [1.29, 1.82) is 0 Å². The standard InChI is InChI=1S/C19H23ClO2/c1-19-8-7-14-13(15(19)3-2-4-17(19)22)6-5-11-9-12(21)10-16(20)18(11)14/h9-10,13-15,21H,2-8H2,1H3/t13-,14+,15+,19+/m1/s1. The summed E-state index contributed by atoms with van der Waals surface area (Å²) in [6.45, 7) is 2.21. The number of ketones is 1. The highest BCUT2D eigenvalue weighted by atomic mass is 35.5. The van der Waals surface area contributed by atoms with Crippen LogP contribution in [0.25, 0.3) is 0 Å². The van der Waals surface area contributed by atoms with Crippen LogP contribution in [0.3, 0.4) is 0 Å². The predicted molar refractivity (Wildman–Crippen MR) is 87.4 cm³/mol. The minimum atomic E-state index is -0.0969. The molecule has 1 aromatic carbocycles. The van der Waals surface area contributed by atoms with Crippen molar-refractivity contribution < 1.29 is 9.90 Å². The fraction of sp³-hybridized carbons (Fsp3) is 0.632. The van der Waals surface area contributed by atoms with Gasteiger partial charge in [0.1, 0.15) is 11.5 Å². The molecule has 0 spiro atoms. The number of phenolic OH excluding ortho intramolecular Hbond substituents is 1. The molecule has 1 N–H and O–H groups in total. The lowest BCUT2D eigenvalue weighted by atomic mass is 9.50. The quantitative estimate of drug-likeness (QED) is 0.741. The Morgan fingerprint density at radius 3 is 2.86 bits per heavy atom. The molecule has 4 atom stereocenters. The van der Waals surface area contributed by atoms with Crippen molar-refractivity contribution in [3.8, 4) is 5.75 Å². The summed E-state index contributed by atoms with van der Waals surface area (Å²) in [7, 11) is 0. The molecule has 22 heavy (non-hydrogen) atoms. The largest absolute Gasteiger partial charge is 0.508 e. The van der Waals surface area contributed by atoms with E-state index < -0.39 is 0 Å². The summed E-state index contributed by atoms with van der Waals surface area (Å²) >= 11 is 6.48. The number of carbonyl (C=O) groups excluding carboxylic acids is 1. The normalized spacial score (nSPS) is 37.2. The molecule has 3 heteroatoms. The summed E-state index contributed by atoms with van der Waals surface area (Å²) in [5.74, 6) is 2.34. The van der Waals surface area contributed by atoms with Crippen LogP contribution in [0.1, 0.15) is 62.5 Å². The van der Waals surface area contributed by atoms with Crippen molar-refractivity contribution in [3.05, 3.63) is 28.3 Å². The van der Waals surface area contributed by atoms with Gasteiger partial charge in [0, 0.05) is 16.9 Å². The van der Waals surface area contributed by atoms with Gasteiger partial charge >= 0.3 is 0 Å². The smallest absolute Gasteiger partial charge is 0.139 e. The molecule has 0 unspecified atom stereocenters. The maximum Gasteiger partial charge on any atom is 0.139 e. The average molecular weight is 319 g/mol. The maximum absolute atomic E-state index is 12.5. The van der Waals surface area contributed by atoms with Crippen LogP contribution in [0.5, 0.6) is 5.75 Å². The predicted octanol–water partition coefficient (Wildman–Crippen LogP) is 4.86. The van der Waals surface area contributed by atoms with Crippen molar-refractivity contribution in [2.45, 2.75) is 57.8 Å². The zero-order chi connectivity index (χ0) is 15.5. The Kier molecular flexibility index (Phi) is 3.30. The van der Waals surface area contributed by atoms with E-state index in [4.69, 9.17) is 11.6 Å². The van der Waals surface area contributed by atoms with E-state index in [2.05, 4.69) is 6.92 Å². The fourth-order valence-electron chi connectivity index (χ4n) is 5.62. The highest BCUT2D eigenvalue weighted by molar-refractivity contribution is 6.31. The number of carbonyl (C=O) groups is 1. The minimum Gasteiger partial charge on any atom is -0.508 e. The lowest BCUT2D eigenvalue weighted by Gasteiger charge is -2.53. The molecule has 0 radical (unpaired) electrons. The molecule has 2 saturated carbocycles. The first kappa shape index (κ1) is 14.6. The molecule has 4 rings (SSSR count). The van der Waals surface area contributed by atoms with Crippen LogP contribution in [0.2, 0.25) is 5.02 Å². The number of aromatic hydroxyl groups is 1. The maximum atomic E-state index is 12.5. The summed E-state index contributed by atoms with van der Waals surface area (Å²) in [5, 5.41) is 10.5. The Labute approximate surface area is 136 Å². The third-order valence-electron chi connectivity index (χ3n) is 6.70. The first-order valence-electron chi connectivity index (χ1n) is 8.55. The van der Waals surface area contributed by atoms with Gasteiger partial charge in [0.05, 0.1) is 0 Å². The molecule has 3 aliphatic carbocycles. The van der Waals surface area contributed by atoms with Crippen molar-refractivity contribution >= 4 is 17.4 Å². The van der Waals surface area contributed by atoms with Gasteiger partial charge < -0.3 is 5.11 Å². The number of Topliss-reactive ketones (excluding diaryl/α,β-unsaturated/α-hetero) is 1. The Balaban J connectivity index is 1.75. The van der Waals surface area contributed by atoms with E-state index in [-0.39, 0.29) is 11.2 Å². The van der Waals surface area contributed by atoms with Gasteiger partial charge in [0.2, 0.25) is 0 Å². The van der Waals surface area contributed by atoms with Crippen LogP contribution in [0, 0.1) is 17.3 Å². The minimum absolute atomic E-state index is 0.0969.